The quantitative estimate of drug-likeness (QED) is 0.793. The average Bonchev–Trinajstić information content (AvgIpc) is 2.41. The van der Waals surface area contributed by atoms with Crippen molar-refractivity contribution >= 4 is 11.8 Å². The van der Waals surface area contributed by atoms with E-state index in [1.807, 2.05) is 25.1 Å². The summed E-state index contributed by atoms with van der Waals surface area (Å²) in [5.41, 5.74) is 8.82. The molecule has 5 heteroatoms. The second-order valence-electron chi connectivity index (χ2n) is 4.92. The Bertz CT molecular complexity index is 513. The maximum absolute atomic E-state index is 11.9. The molecule has 1 aliphatic rings. The lowest BCUT2D eigenvalue weighted by Gasteiger charge is -2.31. The lowest BCUT2D eigenvalue weighted by atomic mass is 10.0. The van der Waals surface area contributed by atoms with Crippen LogP contribution in [-0.4, -0.2) is 41.8 Å². The van der Waals surface area contributed by atoms with Crippen molar-refractivity contribution in [2.75, 3.05) is 20.1 Å². The molecule has 5 nitrogen and oxygen atoms in total. The molecule has 2 amide bonds. The van der Waals surface area contributed by atoms with Gasteiger partial charge in [0.05, 0.1) is 0 Å². The third kappa shape index (κ3) is 2.76. The SMILES string of the molecule is Cc1cc(CN)ccc1CN1CCN(C)C(=O)C1=O. The molecule has 1 aromatic carbocycles. The lowest BCUT2D eigenvalue weighted by molar-refractivity contribution is -0.155. The smallest absolute Gasteiger partial charge is 0.312 e. The van der Waals surface area contributed by atoms with Gasteiger partial charge in [-0.3, -0.25) is 9.59 Å². The zero-order valence-electron chi connectivity index (χ0n) is 11.3. The molecule has 1 heterocycles. The topological polar surface area (TPSA) is 66.6 Å². The molecular weight excluding hydrogens is 242 g/mol. The molecule has 0 spiro atoms. The summed E-state index contributed by atoms with van der Waals surface area (Å²) in [5.74, 6) is -0.849. The van der Waals surface area contributed by atoms with Crippen molar-refractivity contribution in [2.24, 2.45) is 5.73 Å². The van der Waals surface area contributed by atoms with Gasteiger partial charge in [0, 0.05) is 33.2 Å². The highest BCUT2D eigenvalue weighted by Gasteiger charge is 2.30. The molecule has 0 unspecified atom stereocenters. The third-order valence-electron chi connectivity index (χ3n) is 3.53. The first-order chi connectivity index (χ1) is 9.02. The van der Waals surface area contributed by atoms with Gasteiger partial charge in [-0.15, -0.1) is 0 Å². The van der Waals surface area contributed by atoms with E-state index in [9.17, 15) is 9.59 Å². The molecule has 0 aromatic heterocycles. The summed E-state index contributed by atoms with van der Waals surface area (Å²) in [6.07, 6.45) is 0. The Labute approximate surface area is 113 Å². The number of piperazine rings is 1. The van der Waals surface area contributed by atoms with E-state index >= 15 is 0 Å². The Morgan fingerprint density at radius 2 is 1.95 bits per heavy atom. The number of likely N-dealkylation sites (N-methyl/N-ethyl adjacent to an activating group) is 1. The molecular formula is C14H19N3O2. The van der Waals surface area contributed by atoms with Crippen LogP contribution in [0.4, 0.5) is 0 Å². The van der Waals surface area contributed by atoms with Crippen molar-refractivity contribution in [1.82, 2.24) is 9.80 Å². The van der Waals surface area contributed by atoms with E-state index in [2.05, 4.69) is 0 Å². The van der Waals surface area contributed by atoms with Gasteiger partial charge in [0.25, 0.3) is 0 Å². The van der Waals surface area contributed by atoms with Crippen LogP contribution in [-0.2, 0) is 22.7 Å². The molecule has 1 aromatic rings. The van der Waals surface area contributed by atoms with E-state index in [0.29, 0.717) is 26.2 Å². The fraction of sp³-hybridized carbons (Fsp3) is 0.429. The number of nitrogens with zero attached hydrogens (tertiary/aromatic N) is 2. The van der Waals surface area contributed by atoms with Crippen molar-refractivity contribution in [1.29, 1.82) is 0 Å². The summed E-state index contributed by atoms with van der Waals surface area (Å²) in [4.78, 5) is 26.6. The molecule has 102 valence electrons. The van der Waals surface area contributed by atoms with Crippen molar-refractivity contribution < 1.29 is 9.59 Å². The van der Waals surface area contributed by atoms with Gasteiger partial charge in [0.15, 0.2) is 0 Å². The molecule has 1 fully saturated rings. The van der Waals surface area contributed by atoms with Crippen LogP contribution < -0.4 is 5.73 Å². The minimum absolute atomic E-state index is 0.420. The average molecular weight is 261 g/mol. The number of hydrogen-bond donors (Lipinski definition) is 1. The van der Waals surface area contributed by atoms with Crippen LogP contribution in [0, 0.1) is 6.92 Å². The molecule has 2 rings (SSSR count). The fourth-order valence-electron chi connectivity index (χ4n) is 2.19. The predicted molar refractivity (Wildman–Crippen MR) is 72.1 cm³/mol. The minimum Gasteiger partial charge on any atom is -0.336 e. The third-order valence-corrected chi connectivity index (χ3v) is 3.53. The van der Waals surface area contributed by atoms with Gasteiger partial charge in [-0.05, 0) is 23.6 Å². The second kappa shape index (κ2) is 5.40. The molecule has 1 aliphatic heterocycles. The number of rotatable bonds is 3. The maximum Gasteiger partial charge on any atom is 0.312 e. The molecule has 1 saturated heterocycles. The summed E-state index contributed by atoms with van der Waals surface area (Å²) in [7, 11) is 1.65. The first kappa shape index (κ1) is 13.5. The van der Waals surface area contributed by atoms with Crippen molar-refractivity contribution in [3.05, 3.63) is 34.9 Å². The number of amides is 2. The number of aryl methyl sites for hydroxylation is 1. The Morgan fingerprint density at radius 1 is 1.21 bits per heavy atom. The Balaban J connectivity index is 2.13. The summed E-state index contributed by atoms with van der Waals surface area (Å²) >= 11 is 0. The number of carbonyl (C=O) groups excluding carboxylic acids is 2. The first-order valence-electron chi connectivity index (χ1n) is 6.35. The summed E-state index contributed by atoms with van der Waals surface area (Å²) < 4.78 is 0. The number of carbonyl (C=O) groups is 2. The van der Waals surface area contributed by atoms with Gasteiger partial charge >= 0.3 is 11.8 Å². The minimum atomic E-state index is -0.428. The van der Waals surface area contributed by atoms with Crippen LogP contribution in [0.1, 0.15) is 16.7 Å². The maximum atomic E-state index is 11.9. The molecule has 2 N–H and O–H groups in total. The van der Waals surface area contributed by atoms with Gasteiger partial charge in [-0.1, -0.05) is 18.2 Å². The summed E-state index contributed by atoms with van der Waals surface area (Å²) in [6.45, 7) is 4.16. The number of hydrogen-bond acceptors (Lipinski definition) is 3. The van der Waals surface area contributed by atoms with Crippen LogP contribution in [0.15, 0.2) is 18.2 Å². The predicted octanol–water partition coefficient (Wildman–Crippen LogP) is 0.254. The van der Waals surface area contributed by atoms with Crippen molar-refractivity contribution in [3.63, 3.8) is 0 Å². The van der Waals surface area contributed by atoms with Crippen LogP contribution >= 0.6 is 0 Å². The van der Waals surface area contributed by atoms with Gasteiger partial charge in [-0.25, -0.2) is 0 Å². The van der Waals surface area contributed by atoms with Gasteiger partial charge in [-0.2, -0.15) is 0 Å². The van der Waals surface area contributed by atoms with Gasteiger partial charge < -0.3 is 15.5 Å². The number of benzene rings is 1. The van der Waals surface area contributed by atoms with Crippen LogP contribution in [0.2, 0.25) is 0 Å². The molecule has 0 atom stereocenters. The van der Waals surface area contributed by atoms with Crippen LogP contribution in [0.25, 0.3) is 0 Å². The van der Waals surface area contributed by atoms with Crippen molar-refractivity contribution in [3.8, 4) is 0 Å². The van der Waals surface area contributed by atoms with E-state index in [-0.39, 0.29) is 0 Å². The van der Waals surface area contributed by atoms with E-state index in [0.717, 1.165) is 16.7 Å². The Kier molecular flexibility index (Phi) is 3.85. The molecule has 0 radical (unpaired) electrons. The van der Waals surface area contributed by atoms with Crippen LogP contribution in [0.3, 0.4) is 0 Å². The van der Waals surface area contributed by atoms with Crippen LogP contribution in [0.5, 0.6) is 0 Å². The highest BCUT2D eigenvalue weighted by Crippen LogP contribution is 2.15. The zero-order valence-corrected chi connectivity index (χ0v) is 11.3. The normalized spacial score (nSPS) is 16.2. The molecule has 0 aliphatic carbocycles. The Morgan fingerprint density at radius 3 is 2.58 bits per heavy atom. The highest BCUT2D eigenvalue weighted by atomic mass is 16.2. The molecule has 19 heavy (non-hydrogen) atoms. The summed E-state index contributed by atoms with van der Waals surface area (Å²) in [5, 5.41) is 0. The van der Waals surface area contributed by atoms with Gasteiger partial charge in [0.1, 0.15) is 0 Å². The largest absolute Gasteiger partial charge is 0.336 e. The highest BCUT2D eigenvalue weighted by molar-refractivity contribution is 6.35. The van der Waals surface area contributed by atoms with E-state index < -0.39 is 11.8 Å². The monoisotopic (exact) mass is 261 g/mol. The van der Waals surface area contributed by atoms with E-state index in [1.165, 1.54) is 4.90 Å². The standard InChI is InChI=1S/C14H19N3O2/c1-10-7-11(8-15)3-4-12(10)9-17-6-5-16(2)13(18)14(17)19/h3-4,7H,5-6,8-9,15H2,1-2H3. The Hall–Kier alpha value is -1.88. The zero-order chi connectivity index (χ0) is 14.0. The first-order valence-corrected chi connectivity index (χ1v) is 6.35. The molecule has 0 saturated carbocycles. The second-order valence-corrected chi connectivity index (χ2v) is 4.92. The fourth-order valence-corrected chi connectivity index (χ4v) is 2.19. The van der Waals surface area contributed by atoms with Crippen molar-refractivity contribution in [2.45, 2.75) is 20.0 Å². The lowest BCUT2D eigenvalue weighted by Crippen LogP contribution is -2.52. The van der Waals surface area contributed by atoms with E-state index in [4.69, 9.17) is 5.73 Å². The van der Waals surface area contributed by atoms with Gasteiger partial charge in [0.2, 0.25) is 0 Å². The van der Waals surface area contributed by atoms with E-state index in [1.54, 1.807) is 11.9 Å². The number of nitrogens with two attached hydrogens (primary N) is 1. The molecule has 0 bridgehead atoms. The summed E-state index contributed by atoms with van der Waals surface area (Å²) in [6, 6.07) is 5.97.